The minimum atomic E-state index is -4.10. The van der Waals surface area contributed by atoms with Gasteiger partial charge in [0.1, 0.15) is 11.0 Å². The van der Waals surface area contributed by atoms with E-state index in [0.717, 1.165) is 18.0 Å². The van der Waals surface area contributed by atoms with Crippen molar-refractivity contribution in [2.75, 3.05) is 4.72 Å². The molecule has 0 aliphatic carbocycles. The smallest absolute Gasteiger partial charge is 0.333 e. The molecule has 0 fully saturated rings. The maximum absolute atomic E-state index is 12.5. The molecule has 124 valence electrons. The number of hydrogen-bond acceptors (Lipinski definition) is 4. The second-order valence-corrected chi connectivity index (χ2v) is 6.72. The number of hydrogen-bond donors (Lipinski definition) is 2. The van der Waals surface area contributed by atoms with Crippen LogP contribution in [0.15, 0.2) is 35.6 Å². The fraction of sp³-hybridized carbons (Fsp3) is 0.143. The first-order chi connectivity index (χ1) is 11.3. The van der Waals surface area contributed by atoms with Gasteiger partial charge in [-0.3, -0.25) is 4.72 Å². The summed E-state index contributed by atoms with van der Waals surface area (Å²) in [4.78, 5) is 2.47. The number of H-pyrrole nitrogens is 1. The number of fused-ring (bicyclic) bond motifs is 1. The lowest BCUT2D eigenvalue weighted by Crippen LogP contribution is -2.12. The zero-order chi connectivity index (χ0) is 17.5. The molecule has 3 rings (SSSR count). The highest BCUT2D eigenvalue weighted by molar-refractivity contribution is 7.92. The molecule has 0 radical (unpaired) electrons. The minimum Gasteiger partial charge on any atom is -0.358 e. The van der Waals surface area contributed by atoms with E-state index in [9.17, 15) is 17.2 Å². The van der Waals surface area contributed by atoms with Crippen LogP contribution < -0.4 is 4.72 Å². The molecular formula is C14H11F2N5O2S. The summed E-state index contributed by atoms with van der Waals surface area (Å²) in [5, 5.41) is 13.0. The fourth-order valence-corrected chi connectivity index (χ4v) is 3.37. The molecular weight excluding hydrogens is 340 g/mol. The molecule has 10 heteroatoms. The molecule has 1 aromatic carbocycles. The van der Waals surface area contributed by atoms with Gasteiger partial charge in [0, 0.05) is 11.6 Å². The van der Waals surface area contributed by atoms with E-state index in [2.05, 4.69) is 14.8 Å². The van der Waals surface area contributed by atoms with Gasteiger partial charge in [-0.1, -0.05) is 6.07 Å². The van der Waals surface area contributed by atoms with E-state index in [1.54, 1.807) is 13.0 Å². The van der Waals surface area contributed by atoms with Gasteiger partial charge in [0.15, 0.2) is 0 Å². The number of halogens is 2. The Labute approximate surface area is 135 Å². The maximum atomic E-state index is 12.5. The summed E-state index contributed by atoms with van der Waals surface area (Å²) in [6.07, 6.45) is 3.06. The van der Waals surface area contributed by atoms with Gasteiger partial charge in [0.25, 0.3) is 10.0 Å². The van der Waals surface area contributed by atoms with Gasteiger partial charge in [-0.05, 0) is 18.6 Å². The highest BCUT2D eigenvalue weighted by atomic mass is 32.2. The predicted octanol–water partition coefficient (Wildman–Crippen LogP) is 2.74. The van der Waals surface area contributed by atoms with E-state index < -0.39 is 16.6 Å². The molecule has 0 spiro atoms. The zero-order valence-electron chi connectivity index (χ0n) is 12.3. The highest BCUT2D eigenvalue weighted by Gasteiger charge is 2.21. The van der Waals surface area contributed by atoms with Gasteiger partial charge in [0.05, 0.1) is 29.2 Å². The van der Waals surface area contributed by atoms with Crippen molar-refractivity contribution in [3.8, 4) is 6.07 Å². The first-order valence-corrected chi connectivity index (χ1v) is 8.17. The van der Waals surface area contributed by atoms with Gasteiger partial charge in [-0.2, -0.15) is 19.1 Å². The molecule has 2 heterocycles. The summed E-state index contributed by atoms with van der Waals surface area (Å²) >= 11 is 0. The minimum absolute atomic E-state index is 0.210. The van der Waals surface area contributed by atoms with Crippen molar-refractivity contribution in [2.24, 2.45) is 0 Å². The van der Waals surface area contributed by atoms with Crippen molar-refractivity contribution in [1.29, 1.82) is 5.26 Å². The Morgan fingerprint density at radius 3 is 2.79 bits per heavy atom. The number of sulfonamides is 1. The molecule has 0 bridgehead atoms. The normalized spacial score (nSPS) is 11.8. The number of nitrogens with zero attached hydrogens (tertiary/aromatic N) is 3. The Hall–Kier alpha value is -2.93. The molecule has 0 unspecified atom stereocenters. The van der Waals surface area contributed by atoms with Crippen molar-refractivity contribution in [1.82, 2.24) is 14.8 Å². The van der Waals surface area contributed by atoms with E-state index in [4.69, 9.17) is 5.26 Å². The Morgan fingerprint density at radius 2 is 2.17 bits per heavy atom. The number of rotatable bonds is 4. The Bertz CT molecular complexity index is 1060. The lowest BCUT2D eigenvalue weighted by molar-refractivity contribution is 0.0564. The second-order valence-electron chi connectivity index (χ2n) is 5.03. The van der Waals surface area contributed by atoms with E-state index in [1.807, 2.05) is 6.07 Å². The molecule has 2 aromatic heterocycles. The molecule has 0 amide bonds. The summed E-state index contributed by atoms with van der Waals surface area (Å²) in [5.74, 6) is 0. The van der Waals surface area contributed by atoms with E-state index in [1.165, 1.54) is 12.3 Å². The van der Waals surface area contributed by atoms with E-state index in [-0.39, 0.29) is 15.3 Å². The van der Waals surface area contributed by atoms with Gasteiger partial charge in [-0.15, -0.1) is 0 Å². The third-order valence-corrected chi connectivity index (χ3v) is 4.82. The average Bonchev–Trinajstić information content (AvgIpc) is 3.17. The highest BCUT2D eigenvalue weighted by Crippen LogP contribution is 2.30. The summed E-state index contributed by atoms with van der Waals surface area (Å²) < 4.78 is 52.4. The molecule has 24 heavy (non-hydrogen) atoms. The molecule has 0 aliphatic heterocycles. The number of alkyl halides is 2. The predicted molar refractivity (Wildman–Crippen MR) is 82.0 cm³/mol. The molecule has 0 saturated carbocycles. The summed E-state index contributed by atoms with van der Waals surface area (Å²) in [6.45, 7) is -1.14. The first-order valence-electron chi connectivity index (χ1n) is 6.69. The van der Waals surface area contributed by atoms with Crippen LogP contribution in [0.5, 0.6) is 0 Å². The lowest BCUT2D eigenvalue weighted by Gasteiger charge is -2.09. The van der Waals surface area contributed by atoms with Crippen LogP contribution in [0.4, 0.5) is 14.5 Å². The van der Waals surface area contributed by atoms with Gasteiger partial charge < -0.3 is 4.98 Å². The zero-order valence-corrected chi connectivity index (χ0v) is 13.1. The van der Waals surface area contributed by atoms with Crippen molar-refractivity contribution in [3.05, 3.63) is 41.9 Å². The van der Waals surface area contributed by atoms with Crippen LogP contribution in [0.1, 0.15) is 17.7 Å². The van der Waals surface area contributed by atoms with Gasteiger partial charge >= 0.3 is 6.55 Å². The topological polar surface area (TPSA) is 104 Å². The Morgan fingerprint density at radius 1 is 1.42 bits per heavy atom. The maximum Gasteiger partial charge on any atom is 0.333 e. The molecule has 3 aromatic rings. The number of aromatic nitrogens is 3. The Balaban J connectivity index is 2.04. The van der Waals surface area contributed by atoms with E-state index in [0.29, 0.717) is 16.5 Å². The largest absolute Gasteiger partial charge is 0.358 e. The summed E-state index contributed by atoms with van der Waals surface area (Å²) in [7, 11) is -4.10. The van der Waals surface area contributed by atoms with Crippen LogP contribution in [0.25, 0.3) is 10.9 Å². The quantitative estimate of drug-likeness (QED) is 0.754. The molecule has 2 N–H and O–H groups in total. The third kappa shape index (κ3) is 2.59. The Kier molecular flexibility index (Phi) is 3.73. The molecule has 0 atom stereocenters. The van der Waals surface area contributed by atoms with Crippen LogP contribution in [0.3, 0.4) is 0 Å². The molecule has 0 saturated heterocycles. The summed E-state index contributed by atoms with van der Waals surface area (Å²) in [5.41, 5.74) is 1.84. The van der Waals surface area contributed by atoms with Crippen LogP contribution in [-0.4, -0.2) is 23.2 Å². The van der Waals surface area contributed by atoms with Crippen LogP contribution in [-0.2, 0) is 10.0 Å². The number of nitrogens with one attached hydrogen (secondary N) is 2. The number of anilines is 1. The monoisotopic (exact) mass is 351 g/mol. The van der Waals surface area contributed by atoms with Crippen LogP contribution in [0, 0.1) is 18.3 Å². The summed E-state index contributed by atoms with van der Waals surface area (Å²) in [6, 6.07) is 5.22. The fourth-order valence-electron chi connectivity index (χ4n) is 2.36. The number of aryl methyl sites for hydroxylation is 1. The number of nitriles is 1. The van der Waals surface area contributed by atoms with Gasteiger partial charge in [-0.25, -0.2) is 13.1 Å². The second kappa shape index (κ2) is 5.61. The van der Waals surface area contributed by atoms with E-state index >= 15 is 0 Å². The SMILES string of the molecule is Cc1ccc(NS(=O)(=O)c2cnn(C(F)F)c2)c2[nH]cc(C#N)c12. The lowest BCUT2D eigenvalue weighted by atomic mass is 10.1. The van der Waals surface area contributed by atoms with Crippen molar-refractivity contribution in [2.45, 2.75) is 18.4 Å². The number of aromatic amines is 1. The van der Waals surface area contributed by atoms with Crippen LogP contribution in [0.2, 0.25) is 0 Å². The van der Waals surface area contributed by atoms with Crippen molar-refractivity contribution < 1.29 is 17.2 Å². The number of benzene rings is 1. The standard InChI is InChI=1S/C14H11F2N5O2S/c1-8-2-3-11(13-12(8)9(4-17)5-18-13)20-24(22,23)10-6-19-21(7-10)14(15)16/h2-3,5-7,14,18,20H,1H3. The van der Waals surface area contributed by atoms with Crippen molar-refractivity contribution in [3.63, 3.8) is 0 Å². The third-order valence-electron chi connectivity index (χ3n) is 3.50. The first kappa shape index (κ1) is 15.9. The van der Waals surface area contributed by atoms with Gasteiger partial charge in [0.2, 0.25) is 0 Å². The molecule has 0 aliphatic rings. The molecule has 7 nitrogen and oxygen atoms in total. The van der Waals surface area contributed by atoms with Crippen LogP contribution >= 0.6 is 0 Å². The average molecular weight is 351 g/mol. The van der Waals surface area contributed by atoms with Crippen molar-refractivity contribution >= 4 is 26.6 Å².